The molecule has 3 aromatic rings. The first-order valence-electron chi connectivity index (χ1n) is 11.1. The van der Waals surface area contributed by atoms with Crippen molar-refractivity contribution in [3.8, 4) is 0 Å². The van der Waals surface area contributed by atoms with Gasteiger partial charge in [-0.05, 0) is 36.1 Å². The number of carbonyl (C=O) groups excluding carboxylic acids is 2. The van der Waals surface area contributed by atoms with E-state index in [2.05, 4.69) is 33.4 Å². The molecule has 2 amide bonds. The number of carbonyl (C=O) groups is 2. The molecule has 1 fully saturated rings. The summed E-state index contributed by atoms with van der Waals surface area (Å²) >= 11 is 0. The first-order valence-corrected chi connectivity index (χ1v) is 11.1. The van der Waals surface area contributed by atoms with E-state index in [9.17, 15) is 14.7 Å². The Hall–Kier alpha value is -3.23. The molecule has 2 N–H and O–H groups in total. The maximum absolute atomic E-state index is 12.6. The zero-order valence-corrected chi connectivity index (χ0v) is 17.9. The topological polar surface area (TPSA) is 90.2 Å². The van der Waals surface area contributed by atoms with E-state index < -0.39 is 6.10 Å². The summed E-state index contributed by atoms with van der Waals surface area (Å²) in [5.74, 6) is -0.339. The van der Waals surface area contributed by atoms with Crippen LogP contribution >= 0.6 is 0 Å². The van der Waals surface area contributed by atoms with Crippen LogP contribution in [0.25, 0.3) is 5.65 Å². The number of benzene rings is 1. The van der Waals surface area contributed by atoms with Gasteiger partial charge in [-0.1, -0.05) is 24.3 Å². The number of aliphatic hydroxyl groups is 1. The Bertz CT molecular complexity index is 1150. The summed E-state index contributed by atoms with van der Waals surface area (Å²) in [6.07, 6.45) is 4.68. The second-order valence-electron chi connectivity index (χ2n) is 8.57. The Morgan fingerprint density at radius 2 is 1.88 bits per heavy atom. The molecule has 1 saturated heterocycles. The van der Waals surface area contributed by atoms with Crippen LogP contribution in [0.2, 0.25) is 0 Å². The molecule has 2 aliphatic rings. The lowest BCUT2D eigenvalue weighted by Crippen LogP contribution is -2.42. The maximum Gasteiger partial charge on any atom is 0.271 e. The minimum Gasteiger partial charge on any atom is -0.390 e. The van der Waals surface area contributed by atoms with Gasteiger partial charge in [-0.15, -0.1) is 0 Å². The van der Waals surface area contributed by atoms with Crippen molar-refractivity contribution in [1.29, 1.82) is 0 Å². The lowest BCUT2D eigenvalue weighted by molar-refractivity contribution is 0.0651. The Labute approximate surface area is 186 Å². The minimum atomic E-state index is -0.665. The van der Waals surface area contributed by atoms with Crippen LogP contribution in [0.15, 0.2) is 48.8 Å². The number of aliphatic hydroxyl groups excluding tert-OH is 1. The van der Waals surface area contributed by atoms with E-state index in [1.807, 2.05) is 6.07 Å². The number of aromatic nitrogens is 2. The van der Waals surface area contributed by atoms with Gasteiger partial charge in [-0.3, -0.25) is 14.5 Å². The smallest absolute Gasteiger partial charge is 0.271 e. The molecular weight excluding hydrogens is 406 g/mol. The van der Waals surface area contributed by atoms with E-state index in [0.717, 1.165) is 39.0 Å². The number of nitrogens with one attached hydrogen (secondary N) is 1. The van der Waals surface area contributed by atoms with Gasteiger partial charge in [0, 0.05) is 51.7 Å². The molecule has 2 aliphatic heterocycles. The Morgan fingerprint density at radius 1 is 1.06 bits per heavy atom. The molecule has 0 saturated carbocycles. The van der Waals surface area contributed by atoms with Gasteiger partial charge >= 0.3 is 0 Å². The molecule has 0 aliphatic carbocycles. The van der Waals surface area contributed by atoms with Gasteiger partial charge in [-0.2, -0.15) is 0 Å². The van der Waals surface area contributed by atoms with E-state index in [1.165, 1.54) is 11.1 Å². The third kappa shape index (κ3) is 4.24. The van der Waals surface area contributed by atoms with Crippen LogP contribution < -0.4 is 5.32 Å². The SMILES string of the molecule is O=C(NCC(O)CN1CCc2ccccc2C1)c1cn2cc(C(=O)N3CCC3)ccc2n1. The number of imidazole rings is 1. The monoisotopic (exact) mass is 433 g/mol. The molecule has 0 bridgehead atoms. The highest BCUT2D eigenvalue weighted by Crippen LogP contribution is 2.18. The van der Waals surface area contributed by atoms with Crippen LogP contribution in [0.3, 0.4) is 0 Å². The molecule has 4 heterocycles. The molecule has 32 heavy (non-hydrogen) atoms. The van der Waals surface area contributed by atoms with Gasteiger partial charge in [0.2, 0.25) is 0 Å². The van der Waals surface area contributed by atoms with Gasteiger partial charge in [0.1, 0.15) is 11.3 Å². The van der Waals surface area contributed by atoms with Crippen LogP contribution in [-0.4, -0.2) is 74.9 Å². The van der Waals surface area contributed by atoms with Crippen LogP contribution in [0, 0.1) is 0 Å². The van der Waals surface area contributed by atoms with Crippen molar-refractivity contribution in [3.63, 3.8) is 0 Å². The van der Waals surface area contributed by atoms with Crippen molar-refractivity contribution < 1.29 is 14.7 Å². The number of hydrogen-bond acceptors (Lipinski definition) is 5. The molecule has 1 aromatic carbocycles. The lowest BCUT2D eigenvalue weighted by Gasteiger charge is -2.30. The van der Waals surface area contributed by atoms with Crippen molar-refractivity contribution in [3.05, 3.63) is 71.2 Å². The Morgan fingerprint density at radius 3 is 2.66 bits per heavy atom. The lowest BCUT2D eigenvalue weighted by atomic mass is 10.00. The third-order valence-corrected chi connectivity index (χ3v) is 6.25. The molecular formula is C24H27N5O3. The average molecular weight is 434 g/mol. The third-order valence-electron chi connectivity index (χ3n) is 6.25. The van der Waals surface area contributed by atoms with E-state index in [1.54, 1.807) is 33.8 Å². The first kappa shape index (κ1) is 20.7. The maximum atomic E-state index is 12.6. The van der Waals surface area contributed by atoms with Gasteiger partial charge in [-0.25, -0.2) is 4.98 Å². The summed E-state index contributed by atoms with van der Waals surface area (Å²) in [7, 11) is 0. The molecule has 8 nitrogen and oxygen atoms in total. The average Bonchev–Trinajstić information content (AvgIpc) is 3.19. The van der Waals surface area contributed by atoms with Gasteiger partial charge in [0.15, 0.2) is 0 Å². The second kappa shape index (κ2) is 8.72. The Kier molecular flexibility index (Phi) is 5.63. The highest BCUT2D eigenvalue weighted by Gasteiger charge is 2.23. The summed E-state index contributed by atoms with van der Waals surface area (Å²) in [5.41, 5.74) is 4.11. The number of amides is 2. The molecule has 1 unspecified atom stereocenters. The standard InChI is InChI=1S/C24H27N5O3/c30-20(15-27-11-8-17-4-1-2-5-18(17)13-27)12-25-23(31)21-16-29-14-19(6-7-22(29)26-21)24(32)28-9-3-10-28/h1-2,4-7,14,16,20,30H,3,8-13,15H2,(H,25,31). The fourth-order valence-corrected chi connectivity index (χ4v) is 4.30. The second-order valence-corrected chi connectivity index (χ2v) is 8.57. The van der Waals surface area contributed by atoms with Crippen molar-refractivity contribution in [2.45, 2.75) is 25.5 Å². The normalized spacial score (nSPS) is 17.0. The quantitative estimate of drug-likeness (QED) is 0.612. The largest absolute Gasteiger partial charge is 0.390 e. The van der Waals surface area contributed by atoms with Crippen LogP contribution in [0.5, 0.6) is 0 Å². The summed E-state index contributed by atoms with van der Waals surface area (Å²) < 4.78 is 1.70. The highest BCUT2D eigenvalue weighted by atomic mass is 16.3. The number of β-amino-alcohol motifs (C(OH)–C–C–N with tert-alkyl or cyclic N) is 1. The van der Waals surface area contributed by atoms with Crippen LogP contribution in [0.1, 0.15) is 38.4 Å². The number of nitrogens with zero attached hydrogens (tertiary/aromatic N) is 4. The van der Waals surface area contributed by atoms with Crippen LogP contribution in [0.4, 0.5) is 0 Å². The molecule has 8 heteroatoms. The minimum absolute atomic E-state index is 0.00121. The van der Waals surface area contributed by atoms with Crippen molar-refractivity contribution in [1.82, 2.24) is 24.5 Å². The zero-order valence-electron chi connectivity index (χ0n) is 17.9. The van der Waals surface area contributed by atoms with E-state index in [4.69, 9.17) is 0 Å². The number of rotatable bonds is 6. The summed E-state index contributed by atoms with van der Waals surface area (Å²) in [5, 5.41) is 13.2. The summed E-state index contributed by atoms with van der Waals surface area (Å²) in [6, 6.07) is 11.9. The molecule has 0 spiro atoms. The van der Waals surface area contributed by atoms with Crippen LogP contribution in [-0.2, 0) is 13.0 Å². The van der Waals surface area contributed by atoms with Gasteiger partial charge in [0.25, 0.3) is 11.8 Å². The zero-order chi connectivity index (χ0) is 22.1. The van der Waals surface area contributed by atoms with Crippen molar-refractivity contribution in [2.24, 2.45) is 0 Å². The van der Waals surface area contributed by atoms with Crippen molar-refractivity contribution >= 4 is 17.5 Å². The predicted molar refractivity (Wildman–Crippen MR) is 119 cm³/mol. The highest BCUT2D eigenvalue weighted by molar-refractivity contribution is 5.95. The van der Waals surface area contributed by atoms with E-state index in [0.29, 0.717) is 17.8 Å². The Balaban J connectivity index is 1.16. The number of pyridine rings is 1. The van der Waals surface area contributed by atoms with Crippen molar-refractivity contribution in [2.75, 3.05) is 32.7 Å². The number of hydrogen-bond donors (Lipinski definition) is 2. The van der Waals surface area contributed by atoms with E-state index in [-0.39, 0.29) is 24.1 Å². The number of likely N-dealkylation sites (tertiary alicyclic amines) is 1. The fourth-order valence-electron chi connectivity index (χ4n) is 4.30. The predicted octanol–water partition coefficient (Wildman–Crippen LogP) is 1.33. The molecule has 2 aromatic heterocycles. The molecule has 5 rings (SSSR count). The first-order chi connectivity index (χ1) is 15.6. The fraction of sp³-hybridized carbons (Fsp3) is 0.375. The number of fused-ring (bicyclic) bond motifs is 2. The summed E-state index contributed by atoms with van der Waals surface area (Å²) in [6.45, 7) is 3.95. The molecule has 1 atom stereocenters. The van der Waals surface area contributed by atoms with E-state index >= 15 is 0 Å². The molecule has 166 valence electrons. The van der Waals surface area contributed by atoms with Gasteiger partial charge in [0.05, 0.1) is 11.7 Å². The summed E-state index contributed by atoms with van der Waals surface area (Å²) in [4.78, 5) is 33.3. The van der Waals surface area contributed by atoms with Gasteiger partial charge < -0.3 is 19.7 Å². The molecule has 0 radical (unpaired) electrons.